The molecule has 0 saturated carbocycles. The van der Waals surface area contributed by atoms with E-state index >= 15 is 0 Å². The van der Waals surface area contributed by atoms with E-state index in [2.05, 4.69) is 10.0 Å². The van der Waals surface area contributed by atoms with Gasteiger partial charge in [0.25, 0.3) is 15.9 Å². The van der Waals surface area contributed by atoms with Gasteiger partial charge in [-0.15, -0.1) is 0 Å². The van der Waals surface area contributed by atoms with Crippen LogP contribution < -0.4 is 19.5 Å². The number of nitrogens with one attached hydrogen (secondary N) is 2. The average Bonchev–Trinajstić information content (AvgIpc) is 2.66. The number of hydrogen-bond acceptors (Lipinski definition) is 5. The Kier molecular flexibility index (Phi) is 7.75. The normalized spacial score (nSPS) is 12.3. The number of carbonyl (C=O) groups excluding carboxylic acids is 1. The van der Waals surface area contributed by atoms with Crippen LogP contribution in [0, 0.1) is 5.92 Å². The molecule has 7 nitrogen and oxygen atoms in total. The minimum Gasteiger partial charge on any atom is -0.495 e. The topological polar surface area (TPSA) is 93.7 Å². The van der Waals surface area contributed by atoms with Crippen LogP contribution in [0.2, 0.25) is 5.02 Å². The van der Waals surface area contributed by atoms with Gasteiger partial charge in [-0.25, -0.2) is 8.42 Å². The summed E-state index contributed by atoms with van der Waals surface area (Å²) >= 11 is 6.03. The van der Waals surface area contributed by atoms with Gasteiger partial charge in [-0.3, -0.25) is 9.52 Å². The van der Waals surface area contributed by atoms with Gasteiger partial charge in [-0.1, -0.05) is 25.4 Å². The Labute approximate surface area is 176 Å². The second kappa shape index (κ2) is 9.84. The van der Waals surface area contributed by atoms with Crippen molar-refractivity contribution in [2.24, 2.45) is 5.92 Å². The molecule has 29 heavy (non-hydrogen) atoms. The number of rotatable bonds is 9. The summed E-state index contributed by atoms with van der Waals surface area (Å²) in [7, 11) is -2.34. The minimum absolute atomic E-state index is 0.0497. The molecule has 2 rings (SSSR count). The fourth-order valence-electron chi connectivity index (χ4n) is 2.35. The molecule has 0 saturated heterocycles. The van der Waals surface area contributed by atoms with E-state index < -0.39 is 16.1 Å². The lowest BCUT2D eigenvalue weighted by atomic mass is 10.2. The second-order valence-electron chi connectivity index (χ2n) is 6.83. The third-order valence-corrected chi connectivity index (χ3v) is 5.60. The fraction of sp³-hybridized carbons (Fsp3) is 0.350. The van der Waals surface area contributed by atoms with Crippen LogP contribution in [-0.2, 0) is 14.8 Å². The van der Waals surface area contributed by atoms with Crippen molar-refractivity contribution in [3.63, 3.8) is 0 Å². The van der Waals surface area contributed by atoms with E-state index in [0.29, 0.717) is 34.7 Å². The van der Waals surface area contributed by atoms with Crippen LogP contribution in [0.15, 0.2) is 47.4 Å². The van der Waals surface area contributed by atoms with Crippen LogP contribution in [0.4, 0.5) is 5.69 Å². The molecule has 0 spiro atoms. The molecular weight excluding hydrogens is 416 g/mol. The van der Waals surface area contributed by atoms with Crippen molar-refractivity contribution in [2.75, 3.05) is 18.4 Å². The largest absolute Gasteiger partial charge is 0.495 e. The number of benzene rings is 2. The van der Waals surface area contributed by atoms with E-state index in [1.807, 2.05) is 13.8 Å². The molecule has 0 heterocycles. The maximum atomic E-state index is 12.6. The Morgan fingerprint density at radius 2 is 1.76 bits per heavy atom. The summed E-state index contributed by atoms with van der Waals surface area (Å²) in [5.74, 6) is 0.948. The zero-order chi connectivity index (χ0) is 21.6. The van der Waals surface area contributed by atoms with E-state index in [1.165, 1.54) is 37.4 Å². The highest BCUT2D eigenvalue weighted by Gasteiger charge is 2.17. The molecule has 0 aromatic heterocycles. The zero-order valence-electron chi connectivity index (χ0n) is 16.7. The van der Waals surface area contributed by atoms with Gasteiger partial charge in [0.2, 0.25) is 0 Å². The van der Waals surface area contributed by atoms with E-state index in [9.17, 15) is 13.2 Å². The van der Waals surface area contributed by atoms with Gasteiger partial charge in [-0.05, 0) is 55.3 Å². The Bertz CT molecular complexity index is 946. The Balaban J connectivity index is 2.04. The molecule has 158 valence electrons. The summed E-state index contributed by atoms with van der Waals surface area (Å²) < 4.78 is 38.2. The SMILES string of the molecule is COc1ccc(NS(=O)(=O)c2ccc(O[C@@H](C)C(=O)NCC(C)C)cc2)cc1Cl. The van der Waals surface area contributed by atoms with E-state index in [0.717, 1.165) is 0 Å². The maximum absolute atomic E-state index is 12.6. The maximum Gasteiger partial charge on any atom is 0.261 e. The first-order valence-electron chi connectivity index (χ1n) is 9.03. The van der Waals surface area contributed by atoms with Crippen LogP contribution in [0.1, 0.15) is 20.8 Å². The zero-order valence-corrected chi connectivity index (χ0v) is 18.3. The lowest BCUT2D eigenvalue weighted by Gasteiger charge is -2.16. The van der Waals surface area contributed by atoms with Crippen molar-refractivity contribution >= 4 is 33.2 Å². The first-order chi connectivity index (χ1) is 13.6. The van der Waals surface area contributed by atoms with Crippen molar-refractivity contribution < 1.29 is 22.7 Å². The number of halogens is 1. The standard InChI is InChI=1S/C20H25ClN2O5S/c1-13(2)12-22-20(24)14(3)28-16-6-8-17(9-7-16)29(25,26)23-15-5-10-19(27-4)18(21)11-15/h5-11,13-14,23H,12H2,1-4H3,(H,22,24)/t14-/m0/s1. The molecule has 0 radical (unpaired) electrons. The predicted octanol–water partition coefficient (Wildman–Crippen LogP) is 3.69. The van der Waals surface area contributed by atoms with Gasteiger partial charge < -0.3 is 14.8 Å². The molecule has 2 N–H and O–H groups in total. The van der Waals surface area contributed by atoms with Gasteiger partial charge in [-0.2, -0.15) is 0 Å². The van der Waals surface area contributed by atoms with E-state index in [-0.39, 0.29) is 10.8 Å². The number of amides is 1. The highest BCUT2D eigenvalue weighted by Crippen LogP contribution is 2.28. The van der Waals surface area contributed by atoms with Crippen LogP contribution in [0.25, 0.3) is 0 Å². The molecule has 0 aliphatic rings. The van der Waals surface area contributed by atoms with Gasteiger partial charge in [0, 0.05) is 6.54 Å². The van der Waals surface area contributed by atoms with Crippen LogP contribution in [-0.4, -0.2) is 34.1 Å². The average molecular weight is 441 g/mol. The number of anilines is 1. The first-order valence-corrected chi connectivity index (χ1v) is 10.9. The van der Waals surface area contributed by atoms with Crippen molar-refractivity contribution in [2.45, 2.75) is 31.8 Å². The number of hydrogen-bond donors (Lipinski definition) is 2. The summed E-state index contributed by atoms with van der Waals surface area (Å²) in [5.41, 5.74) is 0.312. The molecule has 0 fully saturated rings. The van der Waals surface area contributed by atoms with Crippen molar-refractivity contribution in [3.05, 3.63) is 47.5 Å². The number of sulfonamides is 1. The Morgan fingerprint density at radius 3 is 2.31 bits per heavy atom. The highest BCUT2D eigenvalue weighted by atomic mass is 35.5. The molecule has 9 heteroatoms. The van der Waals surface area contributed by atoms with Crippen molar-refractivity contribution in [1.82, 2.24) is 5.32 Å². The van der Waals surface area contributed by atoms with Gasteiger partial charge >= 0.3 is 0 Å². The van der Waals surface area contributed by atoms with Crippen molar-refractivity contribution in [1.29, 1.82) is 0 Å². The van der Waals surface area contributed by atoms with E-state index in [1.54, 1.807) is 19.1 Å². The van der Waals surface area contributed by atoms with Gasteiger partial charge in [0.05, 0.1) is 22.7 Å². The first kappa shape index (κ1) is 22.8. The van der Waals surface area contributed by atoms with E-state index in [4.69, 9.17) is 21.1 Å². The van der Waals surface area contributed by atoms with Crippen LogP contribution in [0.3, 0.4) is 0 Å². The predicted molar refractivity (Wildman–Crippen MR) is 113 cm³/mol. The van der Waals surface area contributed by atoms with Gasteiger partial charge in [0.1, 0.15) is 11.5 Å². The number of ether oxygens (including phenoxy) is 2. The molecule has 1 atom stereocenters. The quantitative estimate of drug-likeness (QED) is 0.620. The number of carbonyl (C=O) groups is 1. The smallest absolute Gasteiger partial charge is 0.261 e. The fourth-order valence-corrected chi connectivity index (χ4v) is 3.65. The van der Waals surface area contributed by atoms with Crippen LogP contribution in [0.5, 0.6) is 11.5 Å². The third kappa shape index (κ3) is 6.54. The van der Waals surface area contributed by atoms with Crippen LogP contribution >= 0.6 is 11.6 Å². The molecule has 0 unspecified atom stereocenters. The van der Waals surface area contributed by atoms with Crippen molar-refractivity contribution in [3.8, 4) is 11.5 Å². The molecule has 2 aromatic rings. The lowest BCUT2D eigenvalue weighted by molar-refractivity contribution is -0.127. The summed E-state index contributed by atoms with van der Waals surface area (Å²) in [5, 5.41) is 3.08. The Hall–Kier alpha value is -2.45. The summed E-state index contributed by atoms with van der Waals surface area (Å²) in [4.78, 5) is 12.0. The molecular formula is C20H25ClN2O5S. The molecule has 2 aromatic carbocycles. The molecule has 0 bridgehead atoms. The summed E-state index contributed by atoms with van der Waals surface area (Å²) in [6.45, 7) is 6.19. The monoisotopic (exact) mass is 440 g/mol. The second-order valence-corrected chi connectivity index (χ2v) is 8.91. The molecule has 0 aliphatic heterocycles. The Morgan fingerprint density at radius 1 is 1.10 bits per heavy atom. The summed E-state index contributed by atoms with van der Waals surface area (Å²) in [6, 6.07) is 10.4. The third-order valence-electron chi connectivity index (χ3n) is 3.90. The minimum atomic E-state index is -3.81. The summed E-state index contributed by atoms with van der Waals surface area (Å²) in [6.07, 6.45) is -0.698. The lowest BCUT2D eigenvalue weighted by Crippen LogP contribution is -2.38. The molecule has 0 aliphatic carbocycles. The van der Waals surface area contributed by atoms with Gasteiger partial charge in [0.15, 0.2) is 6.10 Å². The number of methoxy groups -OCH3 is 1. The molecule has 1 amide bonds. The highest BCUT2D eigenvalue weighted by molar-refractivity contribution is 7.92.